The van der Waals surface area contributed by atoms with Gasteiger partial charge in [0.15, 0.2) is 17.7 Å². The number of rotatable bonds is 9. The standard InChI is InChI=1S/C23H27N8O7P/c1-11(2)35-21(32)12(3)30-39(34,37-13-7-5-4-6-8-13)38-17-16-23(17,33)14(9-24)20(36-16)31-10-27-15-18(25)28-22(26)29-19(15)31/h4-8,10-12,14,16-17,20,33H,1-3H3,(H,30,34)(H4,25,26,28,29)/t12-,14+,16-,17?,20-,23+,39?/m1/s1. The van der Waals surface area contributed by atoms with E-state index in [1.807, 2.05) is 6.07 Å². The molecule has 6 N–H and O–H groups in total. The summed E-state index contributed by atoms with van der Waals surface area (Å²) in [7, 11) is -4.33. The lowest BCUT2D eigenvalue weighted by atomic mass is 10.0. The maximum atomic E-state index is 13.9. The third-order valence-electron chi connectivity index (χ3n) is 6.30. The molecule has 1 aliphatic carbocycles. The molecule has 39 heavy (non-hydrogen) atoms. The number of nitrogens with one attached hydrogen (secondary N) is 1. The summed E-state index contributed by atoms with van der Waals surface area (Å²) in [6, 6.07) is 9.10. The summed E-state index contributed by atoms with van der Waals surface area (Å²) in [4.78, 5) is 24.6. The average molecular weight is 558 g/mol. The number of carbonyl (C=O) groups is 1. The van der Waals surface area contributed by atoms with E-state index in [-0.39, 0.29) is 28.7 Å². The van der Waals surface area contributed by atoms with Gasteiger partial charge in [-0.2, -0.15) is 20.3 Å². The highest BCUT2D eigenvalue weighted by Crippen LogP contribution is 2.63. The molecule has 206 valence electrons. The quantitative estimate of drug-likeness (QED) is 0.214. The lowest BCUT2D eigenvalue weighted by Gasteiger charge is -2.26. The van der Waals surface area contributed by atoms with Gasteiger partial charge in [0.05, 0.1) is 18.5 Å². The number of esters is 1. The van der Waals surface area contributed by atoms with Crippen LogP contribution in [0.1, 0.15) is 27.0 Å². The number of aromatic nitrogens is 4. The van der Waals surface area contributed by atoms with E-state index in [2.05, 4.69) is 20.0 Å². The van der Waals surface area contributed by atoms with Gasteiger partial charge in [0, 0.05) is 0 Å². The number of hydrogen-bond acceptors (Lipinski definition) is 13. The van der Waals surface area contributed by atoms with Crippen molar-refractivity contribution in [3.8, 4) is 11.8 Å². The minimum Gasteiger partial charge on any atom is -0.462 e. The minimum atomic E-state index is -4.33. The van der Waals surface area contributed by atoms with Crippen LogP contribution < -0.4 is 21.1 Å². The predicted octanol–water partition coefficient (Wildman–Crippen LogP) is 1.27. The molecular formula is C23H27N8O7P. The Balaban J connectivity index is 1.39. The fourth-order valence-electron chi connectivity index (χ4n) is 4.47. The zero-order valence-electron chi connectivity index (χ0n) is 21.2. The van der Waals surface area contributed by atoms with Crippen molar-refractivity contribution in [1.29, 1.82) is 5.26 Å². The second kappa shape index (κ2) is 9.74. The van der Waals surface area contributed by atoms with Gasteiger partial charge in [0.25, 0.3) is 0 Å². The van der Waals surface area contributed by atoms with Crippen molar-refractivity contribution < 1.29 is 33.0 Å². The monoisotopic (exact) mass is 558 g/mol. The molecule has 2 fully saturated rings. The molecule has 2 unspecified atom stereocenters. The molecule has 0 spiro atoms. The second-order valence-corrected chi connectivity index (χ2v) is 11.1. The number of hydrogen-bond donors (Lipinski definition) is 4. The van der Waals surface area contributed by atoms with Crippen LogP contribution >= 0.6 is 7.75 Å². The molecule has 0 bridgehead atoms. The molecule has 2 aromatic heterocycles. The third-order valence-corrected chi connectivity index (χ3v) is 7.96. The molecule has 1 aliphatic heterocycles. The number of imidazole rings is 1. The van der Waals surface area contributed by atoms with Crippen molar-refractivity contribution in [2.24, 2.45) is 5.92 Å². The third kappa shape index (κ3) is 4.77. The Labute approximate surface area is 222 Å². The first kappa shape index (κ1) is 26.8. The van der Waals surface area contributed by atoms with E-state index in [1.165, 1.54) is 17.8 Å². The Morgan fingerprint density at radius 2 is 2.00 bits per heavy atom. The number of nitrogens with two attached hydrogens (primary N) is 2. The van der Waals surface area contributed by atoms with E-state index in [0.29, 0.717) is 0 Å². The molecule has 1 saturated carbocycles. The average Bonchev–Trinajstić information content (AvgIpc) is 3.15. The summed E-state index contributed by atoms with van der Waals surface area (Å²) < 4.78 is 37.9. The van der Waals surface area contributed by atoms with Crippen molar-refractivity contribution in [2.75, 3.05) is 11.5 Å². The van der Waals surface area contributed by atoms with E-state index in [9.17, 15) is 19.7 Å². The van der Waals surface area contributed by atoms with Crippen LogP contribution in [0.2, 0.25) is 0 Å². The summed E-state index contributed by atoms with van der Waals surface area (Å²) in [5.74, 6) is -1.75. The van der Waals surface area contributed by atoms with Gasteiger partial charge < -0.3 is 30.6 Å². The molecule has 16 heteroatoms. The van der Waals surface area contributed by atoms with Gasteiger partial charge in [-0.05, 0) is 32.9 Å². The zero-order valence-corrected chi connectivity index (χ0v) is 22.1. The van der Waals surface area contributed by atoms with Gasteiger partial charge >= 0.3 is 13.7 Å². The van der Waals surface area contributed by atoms with Crippen LogP contribution in [0.4, 0.5) is 11.8 Å². The van der Waals surface area contributed by atoms with Crippen LogP contribution in [0.3, 0.4) is 0 Å². The molecule has 5 rings (SSSR count). The summed E-state index contributed by atoms with van der Waals surface area (Å²) in [5, 5.41) is 24.0. The Hall–Kier alpha value is -3.80. The van der Waals surface area contributed by atoms with Gasteiger partial charge in [-0.3, -0.25) is 13.9 Å². The number of ether oxygens (including phenoxy) is 2. The second-order valence-electron chi connectivity index (χ2n) is 9.50. The first-order chi connectivity index (χ1) is 18.5. The number of anilines is 2. The summed E-state index contributed by atoms with van der Waals surface area (Å²) in [6.07, 6.45) is -2.38. The highest BCUT2D eigenvalue weighted by molar-refractivity contribution is 7.52. The van der Waals surface area contributed by atoms with Crippen molar-refractivity contribution in [2.45, 2.75) is 57.0 Å². The summed E-state index contributed by atoms with van der Waals surface area (Å²) in [5.41, 5.74) is 10.2. The highest BCUT2D eigenvalue weighted by Gasteiger charge is 2.79. The number of nitrogens with zero attached hydrogens (tertiary/aromatic N) is 5. The number of nitrogen functional groups attached to an aromatic ring is 2. The molecule has 15 nitrogen and oxygen atoms in total. The van der Waals surface area contributed by atoms with Crippen molar-refractivity contribution in [3.63, 3.8) is 0 Å². The number of carbonyl (C=O) groups excluding carboxylic acids is 1. The molecule has 2 aliphatic rings. The fraction of sp³-hybridized carbons (Fsp3) is 0.435. The topological polar surface area (TPSA) is 223 Å². The number of fused-ring (bicyclic) bond motifs is 2. The maximum absolute atomic E-state index is 13.9. The van der Waals surface area contributed by atoms with Crippen LogP contribution in [0.25, 0.3) is 11.2 Å². The largest absolute Gasteiger partial charge is 0.462 e. The SMILES string of the molecule is CC(C)OC(=O)[C@@H](C)NP(=O)(Oc1ccccc1)OC1[C@H]2O[C@@H](n3cnc4c(N)nc(N)nc43)[C@H](C#N)[C@@]12O. The lowest BCUT2D eigenvalue weighted by Crippen LogP contribution is -2.37. The fourth-order valence-corrected chi connectivity index (χ4v) is 6.18. The zero-order chi connectivity index (χ0) is 28.1. The van der Waals surface area contributed by atoms with Gasteiger partial charge in [-0.25, -0.2) is 9.55 Å². The molecule has 1 aromatic carbocycles. The maximum Gasteiger partial charge on any atom is 0.459 e. The summed E-state index contributed by atoms with van der Waals surface area (Å²) >= 11 is 0. The Morgan fingerprint density at radius 3 is 2.67 bits per heavy atom. The van der Waals surface area contributed by atoms with Gasteiger partial charge in [0.2, 0.25) is 5.95 Å². The van der Waals surface area contributed by atoms with E-state index >= 15 is 0 Å². The predicted molar refractivity (Wildman–Crippen MR) is 135 cm³/mol. The van der Waals surface area contributed by atoms with Crippen LogP contribution in [0.15, 0.2) is 36.7 Å². The number of aliphatic hydroxyl groups is 1. The Kier molecular flexibility index (Phi) is 6.69. The van der Waals surface area contributed by atoms with E-state index in [4.69, 9.17) is 30.0 Å². The molecule has 0 radical (unpaired) electrons. The molecule has 3 aromatic rings. The number of para-hydroxylation sites is 1. The molecule has 1 saturated heterocycles. The van der Waals surface area contributed by atoms with Gasteiger partial charge in [-0.15, -0.1) is 0 Å². The Morgan fingerprint density at radius 1 is 1.28 bits per heavy atom. The lowest BCUT2D eigenvalue weighted by molar-refractivity contribution is -0.149. The first-order valence-corrected chi connectivity index (χ1v) is 13.6. The van der Waals surface area contributed by atoms with Crippen LogP contribution in [-0.2, 0) is 23.4 Å². The van der Waals surface area contributed by atoms with Gasteiger partial charge in [-0.1, -0.05) is 18.2 Å². The smallest absolute Gasteiger partial charge is 0.459 e. The normalized spacial score (nSPS) is 27.9. The molecule has 7 atom stereocenters. The van der Waals surface area contributed by atoms with E-state index < -0.39 is 55.8 Å². The van der Waals surface area contributed by atoms with Crippen LogP contribution in [-0.4, -0.2) is 60.5 Å². The molecule has 3 heterocycles. The first-order valence-electron chi connectivity index (χ1n) is 12.0. The summed E-state index contributed by atoms with van der Waals surface area (Å²) in [6.45, 7) is 4.79. The minimum absolute atomic E-state index is 0.0445. The van der Waals surface area contributed by atoms with Crippen LogP contribution in [0, 0.1) is 17.2 Å². The van der Waals surface area contributed by atoms with E-state index in [0.717, 1.165) is 0 Å². The molecular weight excluding hydrogens is 531 g/mol. The van der Waals surface area contributed by atoms with Crippen molar-refractivity contribution >= 4 is 36.6 Å². The highest BCUT2D eigenvalue weighted by atomic mass is 31.2. The number of benzene rings is 1. The number of nitriles is 1. The van der Waals surface area contributed by atoms with E-state index in [1.54, 1.807) is 44.2 Å². The van der Waals surface area contributed by atoms with Crippen molar-refractivity contribution in [1.82, 2.24) is 24.6 Å². The van der Waals surface area contributed by atoms with Crippen molar-refractivity contribution in [3.05, 3.63) is 36.7 Å². The molecule has 0 amide bonds. The van der Waals surface area contributed by atoms with Gasteiger partial charge in [0.1, 0.15) is 41.0 Å². The Bertz CT molecular complexity index is 1490. The van der Waals surface area contributed by atoms with Crippen LogP contribution in [0.5, 0.6) is 5.75 Å².